The van der Waals surface area contributed by atoms with Gasteiger partial charge in [0.05, 0.1) is 12.2 Å². The lowest BCUT2D eigenvalue weighted by Gasteiger charge is -2.27. The van der Waals surface area contributed by atoms with Crippen LogP contribution in [0, 0.1) is 19.3 Å². The molecule has 3 nitrogen and oxygen atoms in total. The summed E-state index contributed by atoms with van der Waals surface area (Å²) in [7, 11) is 0. The number of aryl methyl sites for hydroxylation is 1. The van der Waals surface area contributed by atoms with Gasteiger partial charge in [-0.05, 0) is 31.2 Å². The molecule has 1 atom stereocenters. The van der Waals surface area contributed by atoms with E-state index in [0.717, 1.165) is 18.7 Å². The fraction of sp³-hybridized carbons (Fsp3) is 0.769. The fourth-order valence-electron chi connectivity index (χ4n) is 1.88. The smallest absolute Gasteiger partial charge is 0.0628 e. The summed E-state index contributed by atoms with van der Waals surface area (Å²) in [5, 5.41) is 4.57. The molecule has 1 rings (SSSR count). The average molecular weight is 223 g/mol. The van der Waals surface area contributed by atoms with Crippen LogP contribution in [-0.4, -0.2) is 15.8 Å². The highest BCUT2D eigenvalue weighted by molar-refractivity contribution is 5.24. The molecule has 92 valence electrons. The summed E-state index contributed by atoms with van der Waals surface area (Å²) < 4.78 is 2.06. The van der Waals surface area contributed by atoms with Crippen molar-refractivity contribution in [3.05, 3.63) is 17.0 Å². The van der Waals surface area contributed by atoms with Gasteiger partial charge in [-0.2, -0.15) is 5.10 Å². The molecule has 16 heavy (non-hydrogen) atoms. The van der Waals surface area contributed by atoms with Crippen LogP contribution in [0.4, 0.5) is 0 Å². The highest BCUT2D eigenvalue weighted by atomic mass is 15.3. The van der Waals surface area contributed by atoms with E-state index in [-0.39, 0.29) is 11.5 Å². The molecule has 0 aromatic carbocycles. The Morgan fingerprint density at radius 3 is 2.25 bits per heavy atom. The molecular weight excluding hydrogens is 198 g/mol. The first-order valence-corrected chi connectivity index (χ1v) is 6.05. The fourth-order valence-corrected chi connectivity index (χ4v) is 1.88. The van der Waals surface area contributed by atoms with E-state index in [1.165, 1.54) is 11.3 Å². The van der Waals surface area contributed by atoms with Crippen LogP contribution in [0.25, 0.3) is 0 Å². The number of aromatic nitrogens is 2. The second-order valence-electron chi connectivity index (χ2n) is 5.66. The summed E-state index contributed by atoms with van der Waals surface area (Å²) in [4.78, 5) is 0. The van der Waals surface area contributed by atoms with E-state index in [9.17, 15) is 0 Å². The molecule has 0 aliphatic heterocycles. The molecule has 0 fully saturated rings. The van der Waals surface area contributed by atoms with Crippen LogP contribution in [0.2, 0.25) is 0 Å². The number of nitrogens with zero attached hydrogens (tertiary/aromatic N) is 2. The van der Waals surface area contributed by atoms with E-state index in [1.54, 1.807) is 0 Å². The van der Waals surface area contributed by atoms with Crippen LogP contribution in [0.15, 0.2) is 0 Å². The molecule has 0 amide bonds. The van der Waals surface area contributed by atoms with Crippen molar-refractivity contribution in [2.24, 2.45) is 11.1 Å². The van der Waals surface area contributed by atoms with E-state index in [2.05, 4.69) is 51.3 Å². The van der Waals surface area contributed by atoms with Crippen molar-refractivity contribution in [3.63, 3.8) is 0 Å². The normalized spacial score (nSPS) is 14.2. The van der Waals surface area contributed by atoms with Gasteiger partial charge in [0.2, 0.25) is 0 Å². The largest absolute Gasteiger partial charge is 0.326 e. The van der Waals surface area contributed by atoms with Crippen molar-refractivity contribution >= 4 is 0 Å². The summed E-state index contributed by atoms with van der Waals surface area (Å²) in [5.74, 6) is 0. The topological polar surface area (TPSA) is 43.8 Å². The third-order valence-electron chi connectivity index (χ3n) is 3.37. The van der Waals surface area contributed by atoms with Crippen LogP contribution >= 0.6 is 0 Å². The zero-order valence-electron chi connectivity index (χ0n) is 11.5. The van der Waals surface area contributed by atoms with Crippen LogP contribution < -0.4 is 5.73 Å². The first kappa shape index (κ1) is 13.2. The summed E-state index contributed by atoms with van der Waals surface area (Å²) >= 11 is 0. The Morgan fingerprint density at radius 1 is 1.31 bits per heavy atom. The summed E-state index contributed by atoms with van der Waals surface area (Å²) in [6, 6.07) is 0.134. The Labute approximate surface area is 99.0 Å². The lowest BCUT2D eigenvalue weighted by atomic mass is 9.87. The minimum Gasteiger partial charge on any atom is -0.326 e. The average Bonchev–Trinajstić information content (AvgIpc) is 2.40. The number of hydrogen-bond donors (Lipinski definition) is 1. The number of rotatable bonds is 3. The third-order valence-corrected chi connectivity index (χ3v) is 3.37. The summed E-state index contributed by atoms with van der Waals surface area (Å²) in [6.45, 7) is 13.7. The van der Waals surface area contributed by atoms with E-state index in [0.29, 0.717) is 0 Å². The summed E-state index contributed by atoms with van der Waals surface area (Å²) in [5.41, 5.74) is 10.1. The Balaban J connectivity index is 2.91. The van der Waals surface area contributed by atoms with E-state index in [1.807, 2.05) is 0 Å². The molecular formula is C13H25N3. The molecule has 1 aromatic rings. The van der Waals surface area contributed by atoms with Crippen LogP contribution in [-0.2, 0) is 13.0 Å². The highest BCUT2D eigenvalue weighted by Crippen LogP contribution is 2.20. The van der Waals surface area contributed by atoms with Gasteiger partial charge >= 0.3 is 0 Å². The maximum Gasteiger partial charge on any atom is 0.0628 e. The van der Waals surface area contributed by atoms with Crippen LogP contribution in [0.1, 0.15) is 44.6 Å². The SMILES string of the molecule is CCc1c(C)nn(CC(N)C(C)(C)C)c1C. The van der Waals surface area contributed by atoms with Gasteiger partial charge in [-0.25, -0.2) is 0 Å². The second kappa shape index (κ2) is 4.58. The van der Waals surface area contributed by atoms with Gasteiger partial charge in [0, 0.05) is 11.7 Å². The molecule has 1 unspecified atom stereocenters. The quantitative estimate of drug-likeness (QED) is 0.855. The van der Waals surface area contributed by atoms with Gasteiger partial charge in [0.1, 0.15) is 0 Å². The molecule has 0 radical (unpaired) electrons. The Bertz CT molecular complexity index is 358. The van der Waals surface area contributed by atoms with Gasteiger partial charge in [0.25, 0.3) is 0 Å². The molecule has 0 bridgehead atoms. The number of hydrogen-bond acceptors (Lipinski definition) is 2. The van der Waals surface area contributed by atoms with Crippen molar-refractivity contribution < 1.29 is 0 Å². The molecule has 0 spiro atoms. The maximum atomic E-state index is 6.19. The predicted molar refractivity (Wildman–Crippen MR) is 68.5 cm³/mol. The van der Waals surface area contributed by atoms with E-state index >= 15 is 0 Å². The van der Waals surface area contributed by atoms with Crippen molar-refractivity contribution in [1.82, 2.24) is 9.78 Å². The van der Waals surface area contributed by atoms with Gasteiger partial charge in [0.15, 0.2) is 0 Å². The molecule has 3 heteroatoms. The van der Waals surface area contributed by atoms with Crippen molar-refractivity contribution in [1.29, 1.82) is 0 Å². The molecule has 1 heterocycles. The summed E-state index contributed by atoms with van der Waals surface area (Å²) in [6.07, 6.45) is 1.04. The minimum absolute atomic E-state index is 0.124. The molecule has 0 saturated heterocycles. The van der Waals surface area contributed by atoms with Gasteiger partial charge in [-0.1, -0.05) is 27.7 Å². The monoisotopic (exact) mass is 223 g/mol. The number of nitrogens with two attached hydrogens (primary N) is 1. The molecule has 0 saturated carbocycles. The molecule has 0 aliphatic rings. The molecule has 0 aliphatic carbocycles. The molecule has 2 N–H and O–H groups in total. The Hall–Kier alpha value is -0.830. The Kier molecular flexibility index (Phi) is 3.79. The molecule has 1 aromatic heterocycles. The van der Waals surface area contributed by atoms with E-state index in [4.69, 9.17) is 5.73 Å². The standard InChI is InChI=1S/C13H25N3/c1-7-11-9(2)15-16(10(11)3)8-12(14)13(4,5)6/h12H,7-8,14H2,1-6H3. The predicted octanol–water partition coefficient (Wildman–Crippen LogP) is 2.44. The van der Waals surface area contributed by atoms with Gasteiger partial charge in [-0.3, -0.25) is 4.68 Å². The van der Waals surface area contributed by atoms with Crippen LogP contribution in [0.3, 0.4) is 0 Å². The van der Waals surface area contributed by atoms with Crippen molar-refractivity contribution in [2.45, 2.75) is 60.5 Å². The third kappa shape index (κ3) is 2.64. The minimum atomic E-state index is 0.124. The van der Waals surface area contributed by atoms with Crippen molar-refractivity contribution in [3.8, 4) is 0 Å². The van der Waals surface area contributed by atoms with Crippen LogP contribution in [0.5, 0.6) is 0 Å². The zero-order valence-corrected chi connectivity index (χ0v) is 11.5. The first-order chi connectivity index (χ1) is 7.27. The van der Waals surface area contributed by atoms with Gasteiger partial charge < -0.3 is 5.73 Å². The Morgan fingerprint density at radius 2 is 1.88 bits per heavy atom. The lowest BCUT2D eigenvalue weighted by molar-refractivity contribution is 0.281. The lowest BCUT2D eigenvalue weighted by Crippen LogP contribution is -2.39. The first-order valence-electron chi connectivity index (χ1n) is 6.05. The van der Waals surface area contributed by atoms with Gasteiger partial charge in [-0.15, -0.1) is 0 Å². The zero-order chi connectivity index (χ0) is 12.5. The van der Waals surface area contributed by atoms with E-state index < -0.39 is 0 Å². The maximum absolute atomic E-state index is 6.19. The second-order valence-corrected chi connectivity index (χ2v) is 5.66. The highest BCUT2D eigenvalue weighted by Gasteiger charge is 2.22. The van der Waals surface area contributed by atoms with Crippen molar-refractivity contribution in [2.75, 3.05) is 0 Å².